The second-order valence-corrected chi connectivity index (χ2v) is 15.2. The standard InChI is InChI=1S/C35H61NO18/c1-9-10-11-12-47-33-30(24(42)20(38)15(3)51-33)54-32-25(43)27(21(39)16(4)50-32)52-31-26(44)28(22(40)17(5)49-31)53-34-29(46-8)23(41)19(14(2)48-34)36-18(37)13-35(6,7)45/h9,14-17,19-34,38-45H,1,10-13H2,2-8H3,(H,36,37)/t14-,15+,16+,17+,19-,20+,21+,22+,23+,24-,25-,26-,27-,28-,29-,30-,31+,32+,33-,34+/m1/s1. The summed E-state index contributed by atoms with van der Waals surface area (Å²) in [5, 5.41) is 90.4. The fourth-order valence-electron chi connectivity index (χ4n) is 6.92. The molecule has 0 aromatic rings. The second kappa shape index (κ2) is 19.3. The van der Waals surface area contributed by atoms with Crippen LogP contribution in [0, 0.1) is 0 Å². The molecule has 0 saturated carbocycles. The van der Waals surface area contributed by atoms with Gasteiger partial charge in [-0.3, -0.25) is 4.79 Å². The van der Waals surface area contributed by atoms with E-state index in [9.17, 15) is 45.6 Å². The summed E-state index contributed by atoms with van der Waals surface area (Å²) in [6.45, 7) is 12.9. The zero-order valence-electron chi connectivity index (χ0n) is 31.8. The van der Waals surface area contributed by atoms with Crippen molar-refractivity contribution >= 4 is 5.91 Å². The Morgan fingerprint density at radius 1 is 0.667 bits per heavy atom. The van der Waals surface area contributed by atoms with Gasteiger partial charge in [-0.1, -0.05) is 6.08 Å². The molecule has 4 saturated heterocycles. The van der Waals surface area contributed by atoms with Crippen LogP contribution in [0.2, 0.25) is 0 Å². The van der Waals surface area contributed by atoms with E-state index in [2.05, 4.69) is 11.9 Å². The lowest BCUT2D eigenvalue weighted by molar-refractivity contribution is -0.387. The van der Waals surface area contributed by atoms with Gasteiger partial charge in [-0.25, -0.2) is 0 Å². The molecule has 4 rings (SSSR count). The van der Waals surface area contributed by atoms with Gasteiger partial charge in [-0.2, -0.15) is 0 Å². The summed E-state index contributed by atoms with van der Waals surface area (Å²) in [5.41, 5.74) is -1.30. The van der Waals surface area contributed by atoms with Crippen LogP contribution in [-0.4, -0.2) is 189 Å². The van der Waals surface area contributed by atoms with Gasteiger partial charge in [0.05, 0.1) is 49.1 Å². The Labute approximate surface area is 315 Å². The third kappa shape index (κ3) is 10.7. The van der Waals surface area contributed by atoms with Crippen molar-refractivity contribution in [3.8, 4) is 0 Å². The van der Waals surface area contributed by atoms with Crippen molar-refractivity contribution in [2.75, 3.05) is 13.7 Å². The predicted molar refractivity (Wildman–Crippen MR) is 183 cm³/mol. The monoisotopic (exact) mass is 783 g/mol. The Balaban J connectivity index is 1.47. The van der Waals surface area contributed by atoms with Crippen LogP contribution in [-0.2, 0) is 47.4 Å². The summed E-state index contributed by atoms with van der Waals surface area (Å²) in [6.07, 6.45) is -23.1. The fourth-order valence-corrected chi connectivity index (χ4v) is 6.92. The van der Waals surface area contributed by atoms with Crippen molar-refractivity contribution in [1.29, 1.82) is 0 Å². The molecule has 0 radical (unpaired) electrons. The van der Waals surface area contributed by atoms with Crippen molar-refractivity contribution in [2.45, 2.75) is 189 Å². The number of aliphatic hydroxyl groups excluding tert-OH is 7. The molecular formula is C35H61NO18. The molecule has 4 aliphatic rings. The lowest BCUT2D eigenvalue weighted by Gasteiger charge is -2.49. The number of allylic oxidation sites excluding steroid dienone is 1. The lowest BCUT2D eigenvalue weighted by Crippen LogP contribution is -2.67. The number of hydrogen-bond acceptors (Lipinski definition) is 18. The van der Waals surface area contributed by atoms with Gasteiger partial charge in [0.25, 0.3) is 0 Å². The van der Waals surface area contributed by atoms with Gasteiger partial charge in [0.2, 0.25) is 5.91 Å². The summed E-state index contributed by atoms with van der Waals surface area (Å²) < 4.78 is 52.5. The zero-order valence-corrected chi connectivity index (χ0v) is 31.8. The van der Waals surface area contributed by atoms with Crippen LogP contribution >= 0.6 is 0 Å². The number of carbonyl (C=O) groups is 1. The van der Waals surface area contributed by atoms with E-state index in [4.69, 9.17) is 42.6 Å². The first-order valence-corrected chi connectivity index (χ1v) is 18.4. The molecule has 0 aliphatic carbocycles. The maximum absolute atomic E-state index is 12.5. The minimum atomic E-state index is -1.77. The first-order valence-electron chi connectivity index (χ1n) is 18.4. The van der Waals surface area contributed by atoms with E-state index in [-0.39, 0.29) is 13.0 Å². The molecule has 9 N–H and O–H groups in total. The average Bonchev–Trinajstić information content (AvgIpc) is 3.09. The van der Waals surface area contributed by atoms with Gasteiger partial charge in [0.1, 0.15) is 67.1 Å². The molecule has 19 nitrogen and oxygen atoms in total. The minimum absolute atomic E-state index is 0.209. The van der Waals surface area contributed by atoms with Crippen molar-refractivity contribution < 1.29 is 88.3 Å². The van der Waals surface area contributed by atoms with E-state index in [1.54, 1.807) is 19.9 Å². The maximum Gasteiger partial charge on any atom is 0.223 e. The Morgan fingerprint density at radius 2 is 1.15 bits per heavy atom. The Hall–Kier alpha value is -1.47. The summed E-state index contributed by atoms with van der Waals surface area (Å²) in [5.74, 6) is -0.539. The Kier molecular flexibility index (Phi) is 16.2. The molecular weight excluding hydrogens is 722 g/mol. The number of methoxy groups -OCH3 is 1. The molecule has 4 fully saturated rings. The molecule has 20 atom stereocenters. The SMILES string of the molecule is C=CCCCO[C@@H]1O[C@@H](C)[C@H](O)[C@@H](O)[C@H]1O[C@@H]1O[C@@H](C)[C@H](O)[C@@H](O[C@@H]2O[C@@H](C)[C@H](O)[C@@H](O[C@@H]3O[C@H](C)[C@@H](NC(=O)CC(C)(C)O)[C@H](O)[C@H]3OC)[C@H]2O)[C@H]1O. The zero-order chi connectivity index (χ0) is 40.2. The minimum Gasteiger partial charge on any atom is -0.390 e. The van der Waals surface area contributed by atoms with E-state index in [0.717, 1.165) is 0 Å². The van der Waals surface area contributed by atoms with Crippen LogP contribution in [0.1, 0.15) is 60.8 Å². The number of aliphatic hydroxyl groups is 8. The molecule has 19 heteroatoms. The highest BCUT2D eigenvalue weighted by molar-refractivity contribution is 5.77. The molecule has 4 heterocycles. The third-order valence-corrected chi connectivity index (χ3v) is 10.1. The topological polar surface area (TPSA) is 274 Å². The highest BCUT2D eigenvalue weighted by Gasteiger charge is 2.54. The number of amides is 1. The highest BCUT2D eigenvalue weighted by Crippen LogP contribution is 2.35. The number of nitrogens with one attached hydrogen (secondary N) is 1. The molecule has 4 aliphatic heterocycles. The normalized spacial score (nSPS) is 46.2. The fraction of sp³-hybridized carbons (Fsp3) is 0.914. The van der Waals surface area contributed by atoms with E-state index in [0.29, 0.717) is 12.8 Å². The number of carbonyl (C=O) groups excluding carboxylic acids is 1. The molecule has 54 heavy (non-hydrogen) atoms. The lowest BCUT2D eigenvalue weighted by atomic mass is 9.94. The molecule has 0 aromatic heterocycles. The Bertz CT molecular complexity index is 1190. The largest absolute Gasteiger partial charge is 0.390 e. The molecule has 0 aromatic carbocycles. The third-order valence-electron chi connectivity index (χ3n) is 10.1. The smallest absolute Gasteiger partial charge is 0.223 e. The highest BCUT2D eigenvalue weighted by atomic mass is 16.8. The summed E-state index contributed by atoms with van der Waals surface area (Å²) in [7, 11) is 1.27. The van der Waals surface area contributed by atoms with Crippen LogP contribution in [0.5, 0.6) is 0 Å². The number of ether oxygens (including phenoxy) is 9. The summed E-state index contributed by atoms with van der Waals surface area (Å²) in [6, 6.07) is -0.968. The van der Waals surface area contributed by atoms with Gasteiger partial charge in [-0.15, -0.1) is 6.58 Å². The van der Waals surface area contributed by atoms with Crippen molar-refractivity contribution in [1.82, 2.24) is 5.32 Å². The predicted octanol–water partition coefficient (Wildman–Crippen LogP) is -2.71. The van der Waals surface area contributed by atoms with E-state index in [1.165, 1.54) is 34.8 Å². The van der Waals surface area contributed by atoms with Crippen LogP contribution in [0.25, 0.3) is 0 Å². The number of hydrogen-bond donors (Lipinski definition) is 9. The molecule has 314 valence electrons. The van der Waals surface area contributed by atoms with Crippen molar-refractivity contribution in [2.24, 2.45) is 0 Å². The van der Waals surface area contributed by atoms with Gasteiger partial charge in [-0.05, 0) is 54.4 Å². The van der Waals surface area contributed by atoms with Crippen LogP contribution in [0.15, 0.2) is 12.7 Å². The second-order valence-electron chi connectivity index (χ2n) is 15.2. The van der Waals surface area contributed by atoms with E-state index in [1.807, 2.05) is 0 Å². The average molecular weight is 784 g/mol. The molecule has 0 spiro atoms. The first-order chi connectivity index (χ1) is 25.3. The van der Waals surface area contributed by atoms with Crippen LogP contribution < -0.4 is 5.32 Å². The number of rotatable bonds is 15. The summed E-state index contributed by atoms with van der Waals surface area (Å²) >= 11 is 0. The summed E-state index contributed by atoms with van der Waals surface area (Å²) in [4.78, 5) is 12.5. The quantitative estimate of drug-likeness (QED) is 0.0603. The van der Waals surface area contributed by atoms with Crippen molar-refractivity contribution in [3.63, 3.8) is 0 Å². The van der Waals surface area contributed by atoms with E-state index < -0.39 is 134 Å². The van der Waals surface area contributed by atoms with Crippen LogP contribution in [0.4, 0.5) is 0 Å². The molecule has 0 bridgehead atoms. The van der Waals surface area contributed by atoms with Gasteiger partial charge in [0.15, 0.2) is 25.2 Å². The van der Waals surface area contributed by atoms with E-state index >= 15 is 0 Å². The van der Waals surface area contributed by atoms with Crippen molar-refractivity contribution in [3.05, 3.63) is 12.7 Å². The van der Waals surface area contributed by atoms with Gasteiger partial charge >= 0.3 is 0 Å². The molecule has 1 amide bonds. The van der Waals surface area contributed by atoms with Crippen LogP contribution in [0.3, 0.4) is 0 Å². The van der Waals surface area contributed by atoms with Gasteiger partial charge < -0.3 is 88.8 Å². The molecule has 0 unspecified atom stereocenters. The maximum atomic E-state index is 12.5. The Morgan fingerprint density at radius 3 is 1.67 bits per heavy atom. The first kappa shape index (κ1) is 45.2. The van der Waals surface area contributed by atoms with Gasteiger partial charge in [0, 0.05) is 7.11 Å². The number of unbranched alkanes of at least 4 members (excludes halogenated alkanes) is 1.